The van der Waals surface area contributed by atoms with Crippen molar-refractivity contribution in [3.63, 3.8) is 0 Å². The van der Waals surface area contributed by atoms with Gasteiger partial charge in [-0.15, -0.1) is 0 Å². The van der Waals surface area contributed by atoms with Crippen molar-refractivity contribution >= 4 is 28.3 Å². The molecule has 1 saturated heterocycles. The number of fused-ring (bicyclic) bond motifs is 2. The SMILES string of the molecule is CNCc1nc(Nc2cnc(-c3ccnc4c3ccn4C)c3c2C(=O)CC3)ccc1[C@H]1CCOC1. The number of ketones is 1. The van der Waals surface area contributed by atoms with Crippen molar-refractivity contribution < 1.29 is 9.53 Å². The van der Waals surface area contributed by atoms with Gasteiger partial charge in [-0.2, -0.15) is 0 Å². The molecule has 0 spiro atoms. The third-order valence-electron chi connectivity index (χ3n) is 7.07. The van der Waals surface area contributed by atoms with Gasteiger partial charge in [0.25, 0.3) is 0 Å². The normalized spacial score (nSPS) is 17.3. The number of nitrogens with zero attached hydrogens (tertiary/aromatic N) is 4. The summed E-state index contributed by atoms with van der Waals surface area (Å²) in [6, 6.07) is 8.16. The van der Waals surface area contributed by atoms with Crippen LogP contribution in [0.25, 0.3) is 22.3 Å². The number of hydrogen-bond donors (Lipinski definition) is 2. The Morgan fingerprint density at radius 2 is 2.09 bits per heavy atom. The Balaban J connectivity index is 1.39. The number of hydrogen-bond acceptors (Lipinski definition) is 7. The number of nitrogens with one attached hydrogen (secondary N) is 2. The summed E-state index contributed by atoms with van der Waals surface area (Å²) < 4.78 is 7.59. The second-order valence-electron chi connectivity index (χ2n) is 9.27. The van der Waals surface area contributed by atoms with Crippen molar-refractivity contribution in [2.45, 2.75) is 31.7 Å². The molecule has 1 fully saturated rings. The third-order valence-corrected chi connectivity index (χ3v) is 7.07. The molecule has 178 valence electrons. The predicted molar refractivity (Wildman–Crippen MR) is 135 cm³/mol. The fourth-order valence-corrected chi connectivity index (χ4v) is 5.36. The van der Waals surface area contributed by atoms with E-state index in [1.54, 1.807) is 12.4 Å². The van der Waals surface area contributed by atoms with Crippen LogP contribution in [0, 0.1) is 0 Å². The van der Waals surface area contributed by atoms with Crippen molar-refractivity contribution in [1.29, 1.82) is 0 Å². The van der Waals surface area contributed by atoms with E-state index in [9.17, 15) is 4.79 Å². The molecule has 5 heterocycles. The van der Waals surface area contributed by atoms with Crippen LogP contribution < -0.4 is 10.6 Å². The molecule has 0 amide bonds. The average molecular weight is 469 g/mol. The molecule has 8 nitrogen and oxygen atoms in total. The predicted octanol–water partition coefficient (Wildman–Crippen LogP) is 4.13. The van der Waals surface area contributed by atoms with Gasteiger partial charge >= 0.3 is 0 Å². The Bertz CT molecular complexity index is 1440. The minimum atomic E-state index is 0.139. The first-order valence-corrected chi connectivity index (χ1v) is 12.1. The molecule has 4 aromatic rings. The molecular weight excluding hydrogens is 440 g/mol. The van der Waals surface area contributed by atoms with E-state index in [2.05, 4.69) is 27.8 Å². The van der Waals surface area contributed by atoms with E-state index in [-0.39, 0.29) is 5.78 Å². The summed E-state index contributed by atoms with van der Waals surface area (Å²) in [7, 11) is 3.90. The molecule has 0 saturated carbocycles. The summed E-state index contributed by atoms with van der Waals surface area (Å²) in [5, 5.41) is 7.66. The van der Waals surface area contributed by atoms with Crippen LogP contribution in [0.15, 0.2) is 42.9 Å². The van der Waals surface area contributed by atoms with Gasteiger partial charge in [0.2, 0.25) is 0 Å². The van der Waals surface area contributed by atoms with E-state index in [0.717, 1.165) is 58.7 Å². The van der Waals surface area contributed by atoms with Crippen molar-refractivity contribution in [1.82, 2.24) is 24.8 Å². The minimum absolute atomic E-state index is 0.139. The van der Waals surface area contributed by atoms with Crippen LogP contribution in [-0.2, 0) is 24.8 Å². The van der Waals surface area contributed by atoms with E-state index in [1.165, 1.54) is 5.56 Å². The number of rotatable bonds is 6. The molecule has 0 unspecified atom stereocenters. The maximum Gasteiger partial charge on any atom is 0.165 e. The topological polar surface area (TPSA) is 94.0 Å². The second kappa shape index (κ2) is 8.87. The molecule has 0 aromatic carbocycles. The van der Waals surface area contributed by atoms with Crippen LogP contribution in [-0.4, -0.2) is 45.6 Å². The monoisotopic (exact) mass is 468 g/mol. The van der Waals surface area contributed by atoms with Gasteiger partial charge in [-0.05, 0) is 49.2 Å². The lowest BCUT2D eigenvalue weighted by Gasteiger charge is -2.17. The highest BCUT2D eigenvalue weighted by Crippen LogP contribution is 2.38. The van der Waals surface area contributed by atoms with Crippen LogP contribution in [0.3, 0.4) is 0 Å². The highest BCUT2D eigenvalue weighted by Gasteiger charge is 2.29. The number of aryl methyl sites for hydroxylation is 1. The van der Waals surface area contributed by atoms with Gasteiger partial charge in [-0.25, -0.2) is 9.97 Å². The largest absolute Gasteiger partial charge is 0.381 e. The lowest BCUT2D eigenvalue weighted by molar-refractivity contribution is 0.0995. The Labute approximate surface area is 203 Å². The van der Waals surface area contributed by atoms with Gasteiger partial charge in [0.1, 0.15) is 11.5 Å². The van der Waals surface area contributed by atoms with Gasteiger partial charge in [-0.1, -0.05) is 6.07 Å². The van der Waals surface area contributed by atoms with Crippen molar-refractivity contribution in [2.75, 3.05) is 25.6 Å². The smallest absolute Gasteiger partial charge is 0.165 e. The molecule has 0 radical (unpaired) electrons. The van der Waals surface area contributed by atoms with Crippen LogP contribution in [0.5, 0.6) is 0 Å². The van der Waals surface area contributed by atoms with E-state index < -0.39 is 0 Å². The van der Waals surface area contributed by atoms with E-state index in [4.69, 9.17) is 14.7 Å². The number of carbonyl (C=O) groups excluding carboxylic acids is 1. The van der Waals surface area contributed by atoms with E-state index >= 15 is 0 Å². The van der Waals surface area contributed by atoms with Crippen LogP contribution in [0.1, 0.15) is 45.9 Å². The molecule has 4 aromatic heterocycles. The molecule has 2 N–H and O–H groups in total. The number of Topliss-reactive ketones (excluding diaryl/α,β-unsaturated/α-hetero) is 1. The fraction of sp³-hybridized carbons (Fsp3) is 0.333. The highest BCUT2D eigenvalue weighted by atomic mass is 16.5. The standard InChI is InChI=1S/C27H28N6O2/c1-28-13-21-17(16-9-12-35-15-16)4-6-24(31-21)32-22-14-30-26(20-3-5-23(34)25(20)22)18-7-10-29-27-19(18)8-11-33(27)2/h4,6-8,10-11,14,16,28H,3,5,9,12-13,15H2,1-2H3,(H,31,32)/t16-/m0/s1. The third kappa shape index (κ3) is 3.79. The summed E-state index contributed by atoms with van der Waals surface area (Å²) in [5.74, 6) is 1.23. The molecule has 2 aliphatic rings. The maximum absolute atomic E-state index is 13.0. The van der Waals surface area contributed by atoms with Crippen LogP contribution in [0.2, 0.25) is 0 Å². The van der Waals surface area contributed by atoms with Crippen molar-refractivity contribution in [3.05, 3.63) is 65.2 Å². The summed E-state index contributed by atoms with van der Waals surface area (Å²) >= 11 is 0. The molecule has 8 heteroatoms. The van der Waals surface area contributed by atoms with E-state index in [1.807, 2.05) is 37.0 Å². The zero-order valence-corrected chi connectivity index (χ0v) is 20.0. The molecule has 1 aliphatic heterocycles. The van der Waals surface area contributed by atoms with Gasteiger partial charge in [-0.3, -0.25) is 9.78 Å². The van der Waals surface area contributed by atoms with Crippen LogP contribution in [0.4, 0.5) is 11.5 Å². The molecule has 35 heavy (non-hydrogen) atoms. The summed E-state index contributed by atoms with van der Waals surface area (Å²) in [4.78, 5) is 27.2. The first kappa shape index (κ1) is 21.9. The number of carbonyl (C=O) groups is 1. The first-order valence-electron chi connectivity index (χ1n) is 12.1. The number of ether oxygens (including phenoxy) is 1. The molecule has 1 atom stereocenters. The zero-order valence-electron chi connectivity index (χ0n) is 20.0. The molecule has 6 rings (SSSR count). The maximum atomic E-state index is 13.0. The number of anilines is 2. The Morgan fingerprint density at radius 1 is 1.17 bits per heavy atom. The number of pyridine rings is 3. The Kier molecular flexibility index (Phi) is 5.54. The fourth-order valence-electron chi connectivity index (χ4n) is 5.36. The van der Waals surface area contributed by atoms with Gasteiger partial charge < -0.3 is 19.9 Å². The Morgan fingerprint density at radius 3 is 2.91 bits per heavy atom. The molecule has 1 aliphatic carbocycles. The van der Waals surface area contributed by atoms with Crippen molar-refractivity contribution in [3.8, 4) is 11.3 Å². The van der Waals surface area contributed by atoms with Gasteiger partial charge in [0.15, 0.2) is 5.78 Å². The second-order valence-corrected chi connectivity index (χ2v) is 9.27. The Hall–Kier alpha value is -3.62. The minimum Gasteiger partial charge on any atom is -0.381 e. The summed E-state index contributed by atoms with van der Waals surface area (Å²) in [6.45, 7) is 2.20. The summed E-state index contributed by atoms with van der Waals surface area (Å²) in [6.07, 6.45) is 7.76. The first-order chi connectivity index (χ1) is 17.1. The van der Waals surface area contributed by atoms with Crippen LogP contribution >= 0.6 is 0 Å². The highest BCUT2D eigenvalue weighted by molar-refractivity contribution is 6.08. The summed E-state index contributed by atoms with van der Waals surface area (Å²) in [5.41, 5.74) is 7.42. The quantitative estimate of drug-likeness (QED) is 0.439. The van der Waals surface area contributed by atoms with Gasteiger partial charge in [0, 0.05) is 61.4 Å². The zero-order chi connectivity index (χ0) is 23.9. The molecule has 0 bridgehead atoms. The lowest BCUT2D eigenvalue weighted by Crippen LogP contribution is -2.14. The van der Waals surface area contributed by atoms with Gasteiger partial charge in [0.05, 0.1) is 29.9 Å². The van der Waals surface area contributed by atoms with Crippen molar-refractivity contribution in [2.24, 2.45) is 7.05 Å². The average Bonchev–Trinajstić information content (AvgIpc) is 3.61. The molecular formula is C27H28N6O2. The van der Waals surface area contributed by atoms with E-state index in [0.29, 0.717) is 36.8 Å². The number of aromatic nitrogens is 4. The lowest BCUT2D eigenvalue weighted by atomic mass is 9.96.